The lowest BCUT2D eigenvalue weighted by atomic mass is 10.0. The molecular formula is C19H20FN3O3. The van der Waals surface area contributed by atoms with E-state index in [1.165, 1.54) is 25.1 Å². The van der Waals surface area contributed by atoms with Crippen LogP contribution in [0.3, 0.4) is 0 Å². The molecule has 136 valence electrons. The van der Waals surface area contributed by atoms with Gasteiger partial charge in [-0.15, -0.1) is 0 Å². The number of rotatable bonds is 5. The van der Waals surface area contributed by atoms with Crippen LogP contribution in [0.4, 0.5) is 21.5 Å². The van der Waals surface area contributed by atoms with Crippen molar-refractivity contribution in [3.05, 3.63) is 64.0 Å². The van der Waals surface area contributed by atoms with Crippen LogP contribution in [0.5, 0.6) is 0 Å². The van der Waals surface area contributed by atoms with E-state index in [1.54, 1.807) is 24.3 Å². The number of ketones is 1. The number of nitro benzene ring substituents is 1. The molecule has 1 saturated heterocycles. The summed E-state index contributed by atoms with van der Waals surface area (Å²) in [5.74, 6) is -0.464. The normalized spacial score (nSPS) is 14.9. The minimum Gasteiger partial charge on any atom is -0.382 e. The Labute approximate surface area is 150 Å². The molecule has 0 unspecified atom stereocenters. The second kappa shape index (κ2) is 7.51. The van der Waals surface area contributed by atoms with Gasteiger partial charge in [-0.1, -0.05) is 0 Å². The summed E-state index contributed by atoms with van der Waals surface area (Å²) >= 11 is 0. The topological polar surface area (TPSA) is 75.5 Å². The highest BCUT2D eigenvalue weighted by atomic mass is 19.1. The first-order chi connectivity index (χ1) is 12.4. The van der Waals surface area contributed by atoms with Crippen LogP contribution >= 0.6 is 0 Å². The van der Waals surface area contributed by atoms with Crippen molar-refractivity contribution in [1.29, 1.82) is 0 Å². The van der Waals surface area contributed by atoms with Gasteiger partial charge < -0.3 is 10.2 Å². The molecule has 0 aliphatic carbocycles. The standard InChI is InChI=1S/C19H20FN3O3/c1-13(24)14-2-7-18(19(12-14)23(25)26)22-10-8-17(9-11-22)21-16-5-3-15(20)4-6-16/h2-7,12,17,21H,8-11H2,1H3. The molecule has 26 heavy (non-hydrogen) atoms. The Morgan fingerprint density at radius 3 is 2.42 bits per heavy atom. The molecule has 2 aromatic carbocycles. The third-order valence-electron chi connectivity index (χ3n) is 4.63. The molecular weight excluding hydrogens is 337 g/mol. The molecule has 7 heteroatoms. The van der Waals surface area contributed by atoms with Crippen molar-refractivity contribution in [3.63, 3.8) is 0 Å². The van der Waals surface area contributed by atoms with E-state index in [2.05, 4.69) is 5.32 Å². The third kappa shape index (κ3) is 3.99. The molecule has 0 atom stereocenters. The highest BCUT2D eigenvalue weighted by molar-refractivity contribution is 5.95. The van der Waals surface area contributed by atoms with E-state index >= 15 is 0 Å². The van der Waals surface area contributed by atoms with Crippen LogP contribution in [0.1, 0.15) is 30.1 Å². The quantitative estimate of drug-likeness (QED) is 0.497. The van der Waals surface area contributed by atoms with Crippen molar-refractivity contribution in [2.75, 3.05) is 23.3 Å². The first-order valence-electron chi connectivity index (χ1n) is 8.50. The number of nitro groups is 1. The number of halogens is 1. The predicted octanol–water partition coefficient (Wildman–Crippen LogP) is 4.02. The fourth-order valence-corrected chi connectivity index (χ4v) is 3.20. The molecule has 0 saturated carbocycles. The minimum absolute atomic E-state index is 0.0392. The highest BCUT2D eigenvalue weighted by Gasteiger charge is 2.25. The lowest BCUT2D eigenvalue weighted by Crippen LogP contribution is -2.39. The van der Waals surface area contributed by atoms with E-state index in [9.17, 15) is 19.3 Å². The van der Waals surface area contributed by atoms with Gasteiger partial charge in [0.05, 0.1) is 4.92 Å². The van der Waals surface area contributed by atoms with Crippen molar-refractivity contribution >= 4 is 22.8 Å². The van der Waals surface area contributed by atoms with Crippen LogP contribution in [0.2, 0.25) is 0 Å². The summed E-state index contributed by atoms with van der Waals surface area (Å²) in [4.78, 5) is 24.4. The second-order valence-corrected chi connectivity index (χ2v) is 6.43. The molecule has 3 rings (SSSR count). The molecule has 1 heterocycles. The molecule has 1 aliphatic rings. The summed E-state index contributed by atoms with van der Waals surface area (Å²) in [6, 6.07) is 11.1. The van der Waals surface area contributed by atoms with E-state index in [0.29, 0.717) is 24.3 Å². The SMILES string of the molecule is CC(=O)c1ccc(N2CCC(Nc3ccc(F)cc3)CC2)c([N+](=O)[O-])c1. The first kappa shape index (κ1) is 17.8. The van der Waals surface area contributed by atoms with Crippen LogP contribution in [0.25, 0.3) is 0 Å². The van der Waals surface area contributed by atoms with Crippen LogP contribution in [0, 0.1) is 15.9 Å². The number of hydrogen-bond acceptors (Lipinski definition) is 5. The lowest BCUT2D eigenvalue weighted by Gasteiger charge is -2.34. The summed E-state index contributed by atoms with van der Waals surface area (Å²) in [6.07, 6.45) is 1.62. The molecule has 2 aromatic rings. The molecule has 0 bridgehead atoms. The second-order valence-electron chi connectivity index (χ2n) is 6.43. The van der Waals surface area contributed by atoms with E-state index in [0.717, 1.165) is 18.5 Å². The fourth-order valence-electron chi connectivity index (χ4n) is 3.20. The van der Waals surface area contributed by atoms with Crippen LogP contribution in [-0.4, -0.2) is 29.8 Å². The van der Waals surface area contributed by atoms with E-state index < -0.39 is 4.92 Å². The lowest BCUT2D eigenvalue weighted by molar-refractivity contribution is -0.384. The molecule has 1 aliphatic heterocycles. The molecule has 0 radical (unpaired) electrons. The number of Topliss-reactive ketones (excluding diaryl/α,β-unsaturated/α-hetero) is 1. The first-order valence-corrected chi connectivity index (χ1v) is 8.50. The van der Waals surface area contributed by atoms with Crippen molar-refractivity contribution in [2.24, 2.45) is 0 Å². The Morgan fingerprint density at radius 1 is 1.19 bits per heavy atom. The van der Waals surface area contributed by atoms with Gasteiger partial charge in [-0.25, -0.2) is 4.39 Å². The van der Waals surface area contributed by atoms with Crippen molar-refractivity contribution in [2.45, 2.75) is 25.8 Å². The van der Waals surface area contributed by atoms with E-state index in [-0.39, 0.29) is 23.3 Å². The fraction of sp³-hybridized carbons (Fsp3) is 0.316. The average Bonchev–Trinajstić information content (AvgIpc) is 2.63. The largest absolute Gasteiger partial charge is 0.382 e. The van der Waals surface area contributed by atoms with Gasteiger partial charge in [0.25, 0.3) is 5.69 Å². The van der Waals surface area contributed by atoms with Crippen molar-refractivity contribution in [1.82, 2.24) is 0 Å². The van der Waals surface area contributed by atoms with Crippen LogP contribution in [0.15, 0.2) is 42.5 Å². The molecule has 6 nitrogen and oxygen atoms in total. The van der Waals surface area contributed by atoms with Gasteiger partial charge in [0.15, 0.2) is 5.78 Å². The molecule has 1 N–H and O–H groups in total. The Bertz CT molecular complexity index is 815. The van der Waals surface area contributed by atoms with E-state index in [1.807, 2.05) is 4.90 Å². The summed E-state index contributed by atoms with van der Waals surface area (Å²) in [5.41, 5.74) is 1.71. The number of piperidine rings is 1. The predicted molar refractivity (Wildman–Crippen MR) is 98.4 cm³/mol. The molecule has 0 aromatic heterocycles. The van der Waals surface area contributed by atoms with Crippen molar-refractivity contribution in [3.8, 4) is 0 Å². The maximum absolute atomic E-state index is 13.0. The van der Waals surface area contributed by atoms with Gasteiger partial charge in [-0.3, -0.25) is 14.9 Å². The number of carbonyl (C=O) groups excluding carboxylic acids is 1. The Hall–Kier alpha value is -2.96. The summed E-state index contributed by atoms with van der Waals surface area (Å²) < 4.78 is 13.0. The number of nitrogens with zero attached hydrogens (tertiary/aromatic N) is 2. The summed E-state index contributed by atoms with van der Waals surface area (Å²) in [5, 5.41) is 14.8. The monoisotopic (exact) mass is 357 g/mol. The molecule has 0 spiro atoms. The minimum atomic E-state index is -0.440. The van der Waals surface area contributed by atoms with Gasteiger partial charge in [-0.05, 0) is 56.2 Å². The third-order valence-corrected chi connectivity index (χ3v) is 4.63. The van der Waals surface area contributed by atoms with Crippen LogP contribution < -0.4 is 10.2 Å². The van der Waals surface area contributed by atoms with Gasteiger partial charge in [0.2, 0.25) is 0 Å². The number of nitrogens with one attached hydrogen (secondary N) is 1. The Morgan fingerprint density at radius 2 is 1.85 bits per heavy atom. The Balaban J connectivity index is 1.68. The van der Waals surface area contributed by atoms with Gasteiger partial charge >= 0.3 is 0 Å². The number of carbonyl (C=O) groups is 1. The molecule has 1 fully saturated rings. The zero-order chi connectivity index (χ0) is 18.7. The zero-order valence-electron chi connectivity index (χ0n) is 14.4. The zero-order valence-corrected chi connectivity index (χ0v) is 14.4. The highest BCUT2D eigenvalue weighted by Crippen LogP contribution is 2.32. The van der Waals surface area contributed by atoms with Crippen LogP contribution in [-0.2, 0) is 0 Å². The summed E-state index contributed by atoms with van der Waals surface area (Å²) in [6.45, 7) is 2.73. The van der Waals surface area contributed by atoms with Gasteiger partial charge in [-0.2, -0.15) is 0 Å². The van der Waals surface area contributed by atoms with Gasteiger partial charge in [0.1, 0.15) is 11.5 Å². The average molecular weight is 357 g/mol. The smallest absolute Gasteiger partial charge is 0.293 e. The maximum Gasteiger partial charge on any atom is 0.293 e. The van der Waals surface area contributed by atoms with Gasteiger partial charge in [0, 0.05) is 36.4 Å². The van der Waals surface area contributed by atoms with Crippen molar-refractivity contribution < 1.29 is 14.1 Å². The Kier molecular flexibility index (Phi) is 5.16. The molecule has 0 amide bonds. The number of hydrogen-bond donors (Lipinski definition) is 1. The summed E-state index contributed by atoms with van der Waals surface area (Å²) in [7, 11) is 0. The van der Waals surface area contributed by atoms with E-state index in [4.69, 9.17) is 0 Å². The maximum atomic E-state index is 13.0. The number of anilines is 2. The number of benzene rings is 2.